The highest BCUT2D eigenvalue weighted by Gasteiger charge is 2.44. The molecular weight excluding hydrogens is 460 g/mol. The van der Waals surface area contributed by atoms with Crippen LogP contribution in [0.4, 0.5) is 5.69 Å². The van der Waals surface area contributed by atoms with Crippen molar-refractivity contribution in [3.63, 3.8) is 0 Å². The average molecular weight is 485 g/mol. The summed E-state index contributed by atoms with van der Waals surface area (Å²) in [4.78, 5) is 22.0. The first-order chi connectivity index (χ1) is 17.0. The van der Waals surface area contributed by atoms with Crippen molar-refractivity contribution in [3.8, 4) is 0 Å². The Morgan fingerprint density at radius 2 is 1.77 bits per heavy atom. The van der Waals surface area contributed by atoms with Crippen LogP contribution in [-0.4, -0.2) is 52.0 Å². The van der Waals surface area contributed by atoms with Gasteiger partial charge in [0.05, 0.1) is 5.52 Å². The number of hydrogen-bond acceptors (Lipinski definition) is 5. The minimum Gasteiger partial charge on any atom is -0.363 e. The standard InChI is InChI=1S/C28H25ClN4O2/c29-22-7-1-4-19(16-22)18-32-12-14-33(15-13-32)27(34)21-9-10-25-24(17-21)28(35,31-25)23-8-2-5-20-6-3-11-30-26(20)23/h1-11,16-17,31,35H,12-15,18H2. The van der Waals surface area contributed by atoms with Crippen LogP contribution in [0.15, 0.2) is 79.0 Å². The van der Waals surface area contributed by atoms with Crippen molar-refractivity contribution < 1.29 is 9.90 Å². The quantitative estimate of drug-likeness (QED) is 0.447. The number of pyridine rings is 1. The van der Waals surface area contributed by atoms with Crippen LogP contribution >= 0.6 is 11.6 Å². The molecule has 2 N–H and O–H groups in total. The molecule has 4 aromatic rings. The third-order valence-electron chi connectivity index (χ3n) is 6.95. The summed E-state index contributed by atoms with van der Waals surface area (Å²) >= 11 is 6.11. The second-order valence-corrected chi connectivity index (χ2v) is 9.61. The van der Waals surface area contributed by atoms with Crippen molar-refractivity contribution in [2.24, 2.45) is 0 Å². The number of nitrogens with zero attached hydrogens (tertiary/aromatic N) is 3. The van der Waals surface area contributed by atoms with Gasteiger partial charge in [0, 0.05) is 71.7 Å². The summed E-state index contributed by atoms with van der Waals surface area (Å²) in [7, 11) is 0. The van der Waals surface area contributed by atoms with E-state index in [1.165, 1.54) is 5.56 Å². The molecule has 0 spiro atoms. The first-order valence-electron chi connectivity index (χ1n) is 11.8. The number of aliphatic hydroxyl groups is 1. The summed E-state index contributed by atoms with van der Waals surface area (Å²) < 4.78 is 0. The number of nitrogens with one attached hydrogen (secondary N) is 1. The minimum atomic E-state index is -1.38. The fraction of sp³-hybridized carbons (Fsp3) is 0.214. The van der Waals surface area contributed by atoms with Crippen LogP contribution in [0.2, 0.25) is 5.02 Å². The zero-order valence-corrected chi connectivity index (χ0v) is 19.9. The Balaban J connectivity index is 1.19. The molecule has 0 aliphatic carbocycles. The van der Waals surface area contributed by atoms with Gasteiger partial charge in [-0.05, 0) is 42.0 Å². The average Bonchev–Trinajstić information content (AvgIpc) is 2.88. The van der Waals surface area contributed by atoms with Crippen molar-refractivity contribution in [1.82, 2.24) is 14.8 Å². The van der Waals surface area contributed by atoms with E-state index in [0.717, 1.165) is 41.2 Å². The number of aromatic nitrogens is 1. The lowest BCUT2D eigenvalue weighted by molar-refractivity contribution is 0.0627. The molecule has 7 heteroatoms. The fourth-order valence-electron chi connectivity index (χ4n) is 5.08. The molecule has 176 valence electrons. The molecule has 1 fully saturated rings. The summed E-state index contributed by atoms with van der Waals surface area (Å²) in [5.41, 5.74) is 3.32. The molecule has 0 saturated carbocycles. The predicted molar refractivity (Wildman–Crippen MR) is 137 cm³/mol. The number of carbonyl (C=O) groups is 1. The Morgan fingerprint density at radius 1 is 0.971 bits per heavy atom. The zero-order chi connectivity index (χ0) is 24.0. The summed E-state index contributed by atoms with van der Waals surface area (Å²) in [6.07, 6.45) is 1.72. The van der Waals surface area contributed by atoms with Gasteiger partial charge in [0.1, 0.15) is 0 Å². The van der Waals surface area contributed by atoms with Gasteiger partial charge in [0.25, 0.3) is 5.91 Å². The van der Waals surface area contributed by atoms with E-state index in [1.54, 1.807) is 6.20 Å². The monoisotopic (exact) mass is 484 g/mol. The van der Waals surface area contributed by atoms with Gasteiger partial charge >= 0.3 is 0 Å². The van der Waals surface area contributed by atoms with Gasteiger partial charge in [0.2, 0.25) is 0 Å². The van der Waals surface area contributed by atoms with Crippen LogP contribution < -0.4 is 5.32 Å². The molecule has 2 aliphatic rings. The first kappa shape index (κ1) is 22.0. The number of para-hydroxylation sites is 1. The Labute approximate surface area is 208 Å². The van der Waals surface area contributed by atoms with E-state index < -0.39 is 5.72 Å². The van der Waals surface area contributed by atoms with Crippen LogP contribution in [0.1, 0.15) is 27.0 Å². The SMILES string of the molecule is O=C(c1ccc2c(c1)C(O)(c1cccc3cccnc13)N2)N1CCN(Cc2cccc(Cl)c2)CC1. The Kier molecular flexibility index (Phi) is 5.44. The van der Waals surface area contributed by atoms with E-state index in [4.69, 9.17) is 11.6 Å². The van der Waals surface area contributed by atoms with E-state index >= 15 is 0 Å². The summed E-state index contributed by atoms with van der Waals surface area (Å²) in [5.74, 6) is -0.0134. The summed E-state index contributed by atoms with van der Waals surface area (Å²) in [5, 5.41) is 16.4. The van der Waals surface area contributed by atoms with Gasteiger partial charge in [-0.2, -0.15) is 0 Å². The predicted octanol–water partition coefficient (Wildman–Crippen LogP) is 4.47. The van der Waals surface area contributed by atoms with E-state index in [9.17, 15) is 9.90 Å². The molecule has 1 amide bonds. The second-order valence-electron chi connectivity index (χ2n) is 9.17. The third kappa shape index (κ3) is 3.93. The van der Waals surface area contributed by atoms with Gasteiger partial charge < -0.3 is 15.3 Å². The molecule has 6 nitrogen and oxygen atoms in total. The highest BCUT2D eigenvalue weighted by molar-refractivity contribution is 6.30. The van der Waals surface area contributed by atoms with E-state index in [0.29, 0.717) is 29.8 Å². The Hall–Kier alpha value is -3.45. The number of rotatable bonds is 4. The van der Waals surface area contributed by atoms with Gasteiger partial charge in [0.15, 0.2) is 5.72 Å². The highest BCUT2D eigenvalue weighted by atomic mass is 35.5. The number of fused-ring (bicyclic) bond motifs is 2. The Bertz CT molecular complexity index is 1430. The topological polar surface area (TPSA) is 68.7 Å². The number of halogens is 1. The maximum Gasteiger partial charge on any atom is 0.253 e. The molecule has 0 radical (unpaired) electrons. The lowest BCUT2D eigenvalue weighted by Crippen LogP contribution is -2.49. The summed E-state index contributed by atoms with van der Waals surface area (Å²) in [6.45, 7) is 3.74. The zero-order valence-electron chi connectivity index (χ0n) is 19.1. The normalized spacial score (nSPS) is 19.7. The van der Waals surface area contributed by atoms with Crippen molar-refractivity contribution in [1.29, 1.82) is 0 Å². The molecule has 1 unspecified atom stereocenters. The lowest BCUT2D eigenvalue weighted by Gasteiger charge is -2.42. The van der Waals surface area contributed by atoms with Gasteiger partial charge in [-0.25, -0.2) is 0 Å². The maximum absolute atomic E-state index is 13.3. The number of anilines is 1. The maximum atomic E-state index is 13.3. The number of hydrogen-bond donors (Lipinski definition) is 2. The molecule has 35 heavy (non-hydrogen) atoms. The van der Waals surface area contributed by atoms with Gasteiger partial charge in [-0.3, -0.25) is 14.7 Å². The molecule has 3 heterocycles. The van der Waals surface area contributed by atoms with Crippen LogP contribution in [0.25, 0.3) is 10.9 Å². The molecule has 1 atom stereocenters. The van der Waals surface area contributed by atoms with Gasteiger partial charge in [-0.1, -0.05) is 48.0 Å². The van der Waals surface area contributed by atoms with Crippen molar-refractivity contribution in [2.45, 2.75) is 12.3 Å². The van der Waals surface area contributed by atoms with Crippen molar-refractivity contribution in [3.05, 3.63) is 106 Å². The summed E-state index contributed by atoms with van der Waals surface area (Å²) in [6, 6.07) is 23.0. The lowest BCUT2D eigenvalue weighted by atomic mass is 9.84. The van der Waals surface area contributed by atoms with Crippen LogP contribution in [-0.2, 0) is 12.3 Å². The smallest absolute Gasteiger partial charge is 0.253 e. The molecule has 2 aliphatic heterocycles. The van der Waals surface area contributed by atoms with Crippen molar-refractivity contribution in [2.75, 3.05) is 31.5 Å². The van der Waals surface area contributed by atoms with E-state index in [2.05, 4.69) is 21.3 Å². The number of amides is 1. The fourth-order valence-corrected chi connectivity index (χ4v) is 5.29. The van der Waals surface area contributed by atoms with Gasteiger partial charge in [-0.15, -0.1) is 0 Å². The van der Waals surface area contributed by atoms with E-state index in [1.807, 2.05) is 71.6 Å². The van der Waals surface area contributed by atoms with Crippen LogP contribution in [0.5, 0.6) is 0 Å². The largest absolute Gasteiger partial charge is 0.363 e. The number of benzene rings is 3. The molecule has 3 aromatic carbocycles. The molecule has 6 rings (SSSR count). The van der Waals surface area contributed by atoms with E-state index in [-0.39, 0.29) is 5.91 Å². The third-order valence-corrected chi connectivity index (χ3v) is 7.18. The molecule has 0 bridgehead atoms. The second kappa shape index (κ2) is 8.64. The molecule has 1 saturated heterocycles. The number of carbonyl (C=O) groups excluding carboxylic acids is 1. The minimum absolute atomic E-state index is 0.0134. The molecule has 1 aromatic heterocycles. The van der Waals surface area contributed by atoms with Crippen LogP contribution in [0.3, 0.4) is 0 Å². The Morgan fingerprint density at radius 3 is 2.60 bits per heavy atom. The first-order valence-corrected chi connectivity index (χ1v) is 12.1. The van der Waals surface area contributed by atoms with Crippen LogP contribution in [0, 0.1) is 0 Å². The number of piperazine rings is 1. The molecular formula is C28H25ClN4O2. The highest BCUT2D eigenvalue weighted by Crippen LogP contribution is 2.46. The van der Waals surface area contributed by atoms with Crippen molar-refractivity contribution >= 4 is 34.1 Å².